The van der Waals surface area contributed by atoms with Gasteiger partial charge in [-0.25, -0.2) is 0 Å². The molecule has 3 unspecified atom stereocenters. The van der Waals surface area contributed by atoms with Crippen LogP contribution in [0.25, 0.3) is 0 Å². The number of piperidine rings is 1. The molecule has 1 saturated heterocycles. The van der Waals surface area contributed by atoms with Gasteiger partial charge in [0, 0.05) is 19.1 Å². The number of likely N-dealkylation sites (tertiary alicyclic amines) is 1. The summed E-state index contributed by atoms with van der Waals surface area (Å²) in [5.41, 5.74) is 0.204. The van der Waals surface area contributed by atoms with Crippen molar-refractivity contribution in [2.75, 3.05) is 26.7 Å². The van der Waals surface area contributed by atoms with Crippen molar-refractivity contribution in [3.8, 4) is 0 Å². The molecular weight excluding hydrogens is 224 g/mol. The average molecular weight is 256 g/mol. The van der Waals surface area contributed by atoms with Gasteiger partial charge in [0.2, 0.25) is 0 Å². The lowest BCUT2D eigenvalue weighted by molar-refractivity contribution is 0.108. The molecule has 0 amide bonds. The van der Waals surface area contributed by atoms with E-state index in [2.05, 4.69) is 45.0 Å². The maximum atomic E-state index is 10.0. The smallest absolute Gasteiger partial charge is 0.0669 e. The topological polar surface area (TPSA) is 35.5 Å². The van der Waals surface area contributed by atoms with Gasteiger partial charge in [-0.3, -0.25) is 0 Å². The lowest BCUT2D eigenvalue weighted by Gasteiger charge is -2.34. The summed E-state index contributed by atoms with van der Waals surface area (Å²) in [7, 11) is 2.20. The minimum Gasteiger partial charge on any atom is -0.392 e. The monoisotopic (exact) mass is 256 g/mol. The molecule has 0 saturated carbocycles. The number of nitrogens with zero attached hydrogens (tertiary/aromatic N) is 1. The Morgan fingerprint density at radius 1 is 1.39 bits per heavy atom. The Morgan fingerprint density at radius 3 is 2.61 bits per heavy atom. The van der Waals surface area contributed by atoms with E-state index >= 15 is 0 Å². The van der Waals surface area contributed by atoms with Gasteiger partial charge in [0.25, 0.3) is 0 Å². The Morgan fingerprint density at radius 2 is 2.06 bits per heavy atom. The van der Waals surface area contributed by atoms with Gasteiger partial charge >= 0.3 is 0 Å². The van der Waals surface area contributed by atoms with Crippen LogP contribution >= 0.6 is 0 Å². The van der Waals surface area contributed by atoms with Crippen molar-refractivity contribution in [1.82, 2.24) is 10.2 Å². The minimum absolute atomic E-state index is 0.204. The second-order valence-electron chi connectivity index (χ2n) is 7.28. The molecule has 2 N–H and O–H groups in total. The number of hydrogen-bond donors (Lipinski definition) is 2. The van der Waals surface area contributed by atoms with Gasteiger partial charge in [-0.15, -0.1) is 0 Å². The molecule has 3 heteroatoms. The van der Waals surface area contributed by atoms with Crippen LogP contribution in [0.2, 0.25) is 0 Å². The molecule has 1 rings (SSSR count). The molecule has 1 aliphatic rings. The van der Waals surface area contributed by atoms with Gasteiger partial charge in [-0.2, -0.15) is 0 Å². The number of aliphatic hydroxyl groups excluding tert-OH is 1. The zero-order chi connectivity index (χ0) is 13.8. The zero-order valence-corrected chi connectivity index (χ0v) is 12.9. The highest BCUT2D eigenvalue weighted by Crippen LogP contribution is 2.21. The molecule has 0 aromatic rings. The summed E-state index contributed by atoms with van der Waals surface area (Å²) in [5.74, 6) is 0.727. The molecule has 1 heterocycles. The third-order valence-electron chi connectivity index (χ3n) is 3.89. The van der Waals surface area contributed by atoms with Crippen molar-refractivity contribution in [3.05, 3.63) is 0 Å². The van der Waals surface area contributed by atoms with Crippen molar-refractivity contribution in [2.24, 2.45) is 11.3 Å². The second kappa shape index (κ2) is 6.88. The quantitative estimate of drug-likeness (QED) is 0.791. The Labute approximate surface area is 113 Å². The van der Waals surface area contributed by atoms with E-state index in [9.17, 15) is 5.11 Å². The maximum Gasteiger partial charge on any atom is 0.0669 e. The number of aliphatic hydroxyl groups is 1. The number of nitrogens with one attached hydrogen (secondary N) is 1. The third-order valence-corrected chi connectivity index (χ3v) is 3.89. The van der Waals surface area contributed by atoms with Crippen molar-refractivity contribution >= 4 is 0 Å². The fourth-order valence-corrected chi connectivity index (χ4v) is 2.88. The molecular formula is C15H32N2O. The molecule has 18 heavy (non-hydrogen) atoms. The van der Waals surface area contributed by atoms with E-state index in [0.717, 1.165) is 18.9 Å². The highest BCUT2D eigenvalue weighted by molar-refractivity contribution is 4.80. The van der Waals surface area contributed by atoms with Gasteiger partial charge < -0.3 is 15.3 Å². The second-order valence-corrected chi connectivity index (χ2v) is 7.28. The van der Waals surface area contributed by atoms with E-state index in [0.29, 0.717) is 6.04 Å². The lowest BCUT2D eigenvalue weighted by Crippen LogP contribution is -2.45. The first-order valence-corrected chi connectivity index (χ1v) is 7.38. The molecule has 0 spiro atoms. The largest absolute Gasteiger partial charge is 0.392 e. The van der Waals surface area contributed by atoms with E-state index < -0.39 is 0 Å². The van der Waals surface area contributed by atoms with Crippen LogP contribution in [0.15, 0.2) is 0 Å². The highest BCUT2D eigenvalue weighted by atomic mass is 16.3. The summed E-state index contributed by atoms with van der Waals surface area (Å²) in [6, 6.07) is 0.502. The molecule has 108 valence electrons. The molecule has 1 fully saturated rings. The van der Waals surface area contributed by atoms with Crippen molar-refractivity contribution in [2.45, 2.75) is 59.1 Å². The van der Waals surface area contributed by atoms with Crippen molar-refractivity contribution in [1.29, 1.82) is 0 Å². The third kappa shape index (κ3) is 6.17. The predicted molar refractivity (Wildman–Crippen MR) is 77.8 cm³/mol. The SMILES string of the molecule is CC(NCC(O)CC(C)(C)C)C1CCCN(C)C1. The summed E-state index contributed by atoms with van der Waals surface area (Å²) in [5, 5.41) is 13.5. The standard InChI is InChI=1S/C15H32N2O/c1-12(13-7-6-8-17(5)11-13)16-10-14(18)9-15(2,3)4/h12-14,16,18H,6-11H2,1-5H3. The van der Waals surface area contributed by atoms with Gasteiger partial charge in [0.15, 0.2) is 0 Å². The van der Waals surface area contributed by atoms with Crippen LogP contribution in [0.1, 0.15) is 47.0 Å². The Hall–Kier alpha value is -0.120. The van der Waals surface area contributed by atoms with Gasteiger partial charge in [0.1, 0.15) is 0 Å². The normalized spacial score (nSPS) is 26.0. The molecule has 0 aliphatic carbocycles. The Kier molecular flexibility index (Phi) is 6.09. The minimum atomic E-state index is -0.228. The summed E-state index contributed by atoms with van der Waals surface area (Å²) in [6.07, 6.45) is 3.25. The van der Waals surface area contributed by atoms with Gasteiger partial charge in [-0.05, 0) is 51.1 Å². The molecule has 0 aromatic carbocycles. The van der Waals surface area contributed by atoms with E-state index in [1.807, 2.05) is 0 Å². The maximum absolute atomic E-state index is 10.0. The summed E-state index contributed by atoms with van der Waals surface area (Å²) < 4.78 is 0. The summed E-state index contributed by atoms with van der Waals surface area (Å²) in [4.78, 5) is 2.41. The molecule has 0 bridgehead atoms. The Bertz CT molecular complexity index is 237. The molecule has 0 radical (unpaired) electrons. The molecule has 3 atom stereocenters. The van der Waals surface area contributed by atoms with Crippen LogP contribution in [0.3, 0.4) is 0 Å². The van der Waals surface area contributed by atoms with Crippen LogP contribution in [-0.4, -0.2) is 48.8 Å². The average Bonchev–Trinajstić information content (AvgIpc) is 2.23. The Balaban J connectivity index is 2.25. The van der Waals surface area contributed by atoms with Crippen LogP contribution in [0, 0.1) is 11.3 Å². The number of rotatable bonds is 5. The molecule has 1 aliphatic heterocycles. The van der Waals surface area contributed by atoms with Crippen LogP contribution in [0.5, 0.6) is 0 Å². The van der Waals surface area contributed by atoms with Gasteiger partial charge in [0.05, 0.1) is 6.10 Å². The van der Waals surface area contributed by atoms with Crippen LogP contribution < -0.4 is 5.32 Å². The van der Waals surface area contributed by atoms with E-state index in [4.69, 9.17) is 0 Å². The van der Waals surface area contributed by atoms with Crippen LogP contribution in [0.4, 0.5) is 0 Å². The van der Waals surface area contributed by atoms with E-state index in [-0.39, 0.29) is 11.5 Å². The molecule has 3 nitrogen and oxygen atoms in total. The first-order valence-electron chi connectivity index (χ1n) is 7.38. The fourth-order valence-electron chi connectivity index (χ4n) is 2.88. The van der Waals surface area contributed by atoms with E-state index in [1.54, 1.807) is 0 Å². The van der Waals surface area contributed by atoms with Gasteiger partial charge in [-0.1, -0.05) is 20.8 Å². The zero-order valence-electron chi connectivity index (χ0n) is 12.9. The van der Waals surface area contributed by atoms with E-state index in [1.165, 1.54) is 25.9 Å². The first-order chi connectivity index (χ1) is 8.28. The highest BCUT2D eigenvalue weighted by Gasteiger charge is 2.23. The molecule has 0 aromatic heterocycles. The van der Waals surface area contributed by atoms with Crippen LogP contribution in [-0.2, 0) is 0 Å². The first kappa shape index (κ1) is 15.9. The fraction of sp³-hybridized carbons (Fsp3) is 1.00. The predicted octanol–water partition coefficient (Wildman–Crippen LogP) is 2.10. The number of hydrogen-bond acceptors (Lipinski definition) is 3. The summed E-state index contributed by atoms with van der Waals surface area (Å²) in [6.45, 7) is 11.9. The lowest BCUT2D eigenvalue weighted by atomic mass is 9.88. The summed E-state index contributed by atoms with van der Waals surface area (Å²) >= 11 is 0. The van der Waals surface area contributed by atoms with Crippen molar-refractivity contribution < 1.29 is 5.11 Å². The van der Waals surface area contributed by atoms with Crippen molar-refractivity contribution in [3.63, 3.8) is 0 Å².